The van der Waals surface area contributed by atoms with Crippen LogP contribution >= 0.6 is 0 Å². The van der Waals surface area contributed by atoms with Gasteiger partial charge in [-0.15, -0.1) is 0 Å². The summed E-state index contributed by atoms with van der Waals surface area (Å²) < 4.78 is 0. The molecule has 0 amide bonds. The van der Waals surface area contributed by atoms with E-state index in [1.54, 1.807) is 0 Å². The van der Waals surface area contributed by atoms with E-state index in [1.807, 2.05) is 6.92 Å². The molecule has 0 fully saturated rings. The predicted octanol–water partition coefficient (Wildman–Crippen LogP) is 3.85. The third-order valence-electron chi connectivity index (χ3n) is 2.02. The van der Waals surface area contributed by atoms with Gasteiger partial charge in [-0.1, -0.05) is 31.2 Å². The highest BCUT2D eigenvalue weighted by Gasteiger charge is 1.99. The van der Waals surface area contributed by atoms with Crippen molar-refractivity contribution in [1.29, 1.82) is 0 Å². The van der Waals surface area contributed by atoms with Crippen molar-refractivity contribution in [3.05, 3.63) is 30.9 Å². The average molecular weight is 181 g/mol. The molecule has 75 valence electrons. The maximum Gasteiger partial charge on any atom is 0.0799 e. The molecule has 0 saturated heterocycles. The Morgan fingerprint density at radius 2 is 2.00 bits per heavy atom. The van der Waals surface area contributed by atoms with E-state index in [2.05, 4.69) is 25.7 Å². The second-order valence-corrected chi connectivity index (χ2v) is 3.69. The molecule has 0 aromatic carbocycles. The van der Waals surface area contributed by atoms with Crippen LogP contribution in [0.25, 0.3) is 0 Å². The molecule has 0 spiro atoms. The summed E-state index contributed by atoms with van der Waals surface area (Å²) in [6.07, 6.45) is 8.42. The molecule has 1 radical (unpaired) electrons. The fraction of sp³-hybridized carbons (Fsp3) is 0.583. The number of aliphatic hydroxyl groups is 1. The van der Waals surface area contributed by atoms with Crippen molar-refractivity contribution in [2.75, 3.05) is 0 Å². The van der Waals surface area contributed by atoms with Crippen LogP contribution in [0.15, 0.2) is 24.3 Å². The van der Waals surface area contributed by atoms with Gasteiger partial charge in [-0.3, -0.25) is 0 Å². The summed E-state index contributed by atoms with van der Waals surface area (Å²) >= 11 is 0. The molecular formula is C12H21O. The maximum absolute atomic E-state index is 8.51. The lowest BCUT2D eigenvalue weighted by Crippen LogP contribution is -1.93. The Morgan fingerprint density at radius 1 is 1.38 bits per heavy atom. The number of hydrogen-bond acceptors (Lipinski definition) is 1. The van der Waals surface area contributed by atoms with Gasteiger partial charge in [0, 0.05) is 0 Å². The van der Waals surface area contributed by atoms with Gasteiger partial charge in [0.15, 0.2) is 0 Å². The molecule has 1 nitrogen and oxygen atoms in total. The second-order valence-electron chi connectivity index (χ2n) is 3.69. The molecule has 0 aliphatic heterocycles. The summed E-state index contributed by atoms with van der Waals surface area (Å²) in [5.74, 6) is 0.693. The van der Waals surface area contributed by atoms with Crippen molar-refractivity contribution in [2.45, 2.75) is 39.5 Å². The Bertz CT molecular complexity index is 159. The molecule has 0 saturated carbocycles. The summed E-state index contributed by atoms with van der Waals surface area (Å²) in [4.78, 5) is 0. The SMILES string of the molecule is C=C(C)/C=C/CCC(C)CC[CH]O. The maximum atomic E-state index is 8.51. The minimum Gasteiger partial charge on any atom is -0.390 e. The van der Waals surface area contributed by atoms with Crippen LogP contribution in [0.5, 0.6) is 0 Å². The minimum atomic E-state index is 0.693. The zero-order valence-electron chi connectivity index (χ0n) is 8.79. The van der Waals surface area contributed by atoms with Crippen molar-refractivity contribution in [2.24, 2.45) is 5.92 Å². The molecule has 0 aromatic rings. The lowest BCUT2D eigenvalue weighted by Gasteiger charge is -2.07. The average Bonchev–Trinajstić information content (AvgIpc) is 2.08. The summed E-state index contributed by atoms with van der Waals surface area (Å²) in [7, 11) is 0. The molecule has 1 atom stereocenters. The van der Waals surface area contributed by atoms with Gasteiger partial charge >= 0.3 is 0 Å². The van der Waals surface area contributed by atoms with Gasteiger partial charge in [-0.2, -0.15) is 0 Å². The van der Waals surface area contributed by atoms with Crippen LogP contribution in [-0.2, 0) is 0 Å². The van der Waals surface area contributed by atoms with Crippen molar-refractivity contribution >= 4 is 0 Å². The van der Waals surface area contributed by atoms with E-state index in [1.165, 1.54) is 13.0 Å². The largest absolute Gasteiger partial charge is 0.390 e. The highest BCUT2D eigenvalue weighted by Crippen LogP contribution is 2.13. The first-order valence-corrected chi connectivity index (χ1v) is 4.94. The topological polar surface area (TPSA) is 20.2 Å². The van der Waals surface area contributed by atoms with Crippen LogP contribution in [0.3, 0.4) is 0 Å². The normalized spacial score (nSPS) is 13.5. The van der Waals surface area contributed by atoms with E-state index < -0.39 is 0 Å². The van der Waals surface area contributed by atoms with Gasteiger partial charge in [0.25, 0.3) is 0 Å². The van der Waals surface area contributed by atoms with Crippen molar-refractivity contribution < 1.29 is 5.11 Å². The Hall–Kier alpha value is -0.560. The van der Waals surface area contributed by atoms with E-state index in [4.69, 9.17) is 5.11 Å². The quantitative estimate of drug-likeness (QED) is 0.591. The summed E-state index contributed by atoms with van der Waals surface area (Å²) in [6, 6.07) is 0. The van der Waals surface area contributed by atoms with Crippen molar-refractivity contribution in [3.63, 3.8) is 0 Å². The molecule has 0 aromatic heterocycles. The summed E-state index contributed by atoms with van der Waals surface area (Å²) in [5, 5.41) is 8.51. The van der Waals surface area contributed by atoms with E-state index in [-0.39, 0.29) is 0 Å². The molecule has 0 aliphatic carbocycles. The van der Waals surface area contributed by atoms with Gasteiger partial charge in [-0.05, 0) is 38.5 Å². The third-order valence-corrected chi connectivity index (χ3v) is 2.02. The Balaban J connectivity index is 3.36. The van der Waals surface area contributed by atoms with Crippen LogP contribution in [0.4, 0.5) is 0 Å². The highest BCUT2D eigenvalue weighted by molar-refractivity contribution is 5.10. The Morgan fingerprint density at radius 3 is 2.54 bits per heavy atom. The van der Waals surface area contributed by atoms with Crippen LogP contribution in [0.2, 0.25) is 0 Å². The molecule has 0 bridgehead atoms. The van der Waals surface area contributed by atoms with E-state index >= 15 is 0 Å². The second kappa shape index (κ2) is 8.06. The fourth-order valence-corrected chi connectivity index (χ4v) is 1.17. The van der Waals surface area contributed by atoms with Gasteiger partial charge in [0.2, 0.25) is 0 Å². The van der Waals surface area contributed by atoms with Crippen LogP contribution in [0.1, 0.15) is 39.5 Å². The third kappa shape index (κ3) is 9.35. The lowest BCUT2D eigenvalue weighted by molar-refractivity contribution is 0.351. The first kappa shape index (κ1) is 12.4. The molecular weight excluding hydrogens is 160 g/mol. The van der Waals surface area contributed by atoms with Gasteiger partial charge in [-0.25, -0.2) is 0 Å². The van der Waals surface area contributed by atoms with E-state index in [0.717, 1.165) is 24.8 Å². The summed E-state index contributed by atoms with van der Waals surface area (Å²) in [6.45, 7) is 9.27. The van der Waals surface area contributed by atoms with E-state index in [0.29, 0.717) is 5.92 Å². The molecule has 0 heterocycles. The number of aliphatic hydroxyl groups excluding tert-OH is 1. The Kier molecular flexibility index (Phi) is 7.71. The zero-order valence-corrected chi connectivity index (χ0v) is 8.79. The van der Waals surface area contributed by atoms with Gasteiger partial charge < -0.3 is 5.11 Å². The Labute approximate surface area is 82.2 Å². The highest BCUT2D eigenvalue weighted by atomic mass is 16.2. The van der Waals surface area contributed by atoms with E-state index in [9.17, 15) is 0 Å². The van der Waals surface area contributed by atoms with Crippen LogP contribution in [-0.4, -0.2) is 5.11 Å². The van der Waals surface area contributed by atoms with Crippen LogP contribution < -0.4 is 0 Å². The van der Waals surface area contributed by atoms with Crippen molar-refractivity contribution in [1.82, 2.24) is 0 Å². The number of rotatable bonds is 7. The minimum absolute atomic E-state index is 0.693. The monoisotopic (exact) mass is 181 g/mol. The molecule has 0 rings (SSSR count). The predicted molar refractivity (Wildman–Crippen MR) is 57.8 cm³/mol. The smallest absolute Gasteiger partial charge is 0.0799 e. The zero-order chi connectivity index (χ0) is 10.1. The van der Waals surface area contributed by atoms with Crippen LogP contribution in [0, 0.1) is 12.5 Å². The van der Waals surface area contributed by atoms with Gasteiger partial charge in [0.1, 0.15) is 0 Å². The molecule has 1 unspecified atom stereocenters. The number of hydrogen-bond donors (Lipinski definition) is 1. The van der Waals surface area contributed by atoms with Gasteiger partial charge in [0.05, 0.1) is 6.61 Å². The molecule has 1 heteroatoms. The first-order valence-electron chi connectivity index (χ1n) is 4.94. The van der Waals surface area contributed by atoms with Crippen molar-refractivity contribution in [3.8, 4) is 0 Å². The lowest BCUT2D eigenvalue weighted by atomic mass is 10.00. The molecule has 1 N–H and O–H groups in total. The summed E-state index contributed by atoms with van der Waals surface area (Å²) in [5.41, 5.74) is 1.11. The number of allylic oxidation sites excluding steroid dienone is 3. The first-order chi connectivity index (χ1) is 6.16. The molecule has 13 heavy (non-hydrogen) atoms. The fourth-order valence-electron chi connectivity index (χ4n) is 1.17. The standard InChI is InChI=1S/C12H21O/c1-11(2)7-4-5-8-12(3)9-6-10-13/h4,7,10,12-13H,1,5-6,8-9H2,2-3H3/b7-4+. The molecule has 0 aliphatic rings.